The fourth-order valence-electron chi connectivity index (χ4n) is 5.69. The van der Waals surface area contributed by atoms with Crippen molar-refractivity contribution >= 4 is 40.2 Å². The maximum Gasteiger partial charge on any atom is 0.409 e. The van der Waals surface area contributed by atoms with Gasteiger partial charge in [0.2, 0.25) is 5.56 Å². The molecule has 2 amide bonds. The van der Waals surface area contributed by atoms with Gasteiger partial charge in [0.1, 0.15) is 11.5 Å². The van der Waals surface area contributed by atoms with Gasteiger partial charge in [-0.15, -0.1) is 0 Å². The molecule has 0 saturated carbocycles. The van der Waals surface area contributed by atoms with Crippen LogP contribution in [0.25, 0.3) is 22.0 Å². The number of phenolic OH excluding ortho intramolecular Hbond substituents is 1. The van der Waals surface area contributed by atoms with Crippen LogP contribution >= 0.6 is 11.6 Å². The first-order chi connectivity index (χ1) is 23.6. The average Bonchev–Trinajstić information content (AvgIpc) is 3.08. The minimum Gasteiger partial charge on any atom is -0.506 e. The molecule has 1 aromatic heterocycles. The molecule has 254 valence electrons. The van der Waals surface area contributed by atoms with Gasteiger partial charge in [0.25, 0.3) is 5.91 Å². The van der Waals surface area contributed by atoms with E-state index in [2.05, 4.69) is 20.9 Å². The minimum atomic E-state index is -1.13. The average molecular weight is 685 g/mol. The topological polar surface area (TPSA) is 173 Å². The standard InChI is InChI=1S/C37H37ClN4O7/c1-49-33-19-28(29(38)18-24(33)20-39-21-32(44)26-12-14-31(43)35-27(26)13-15-34(45)42-35)36(46)40-16-6-5-7-22-10-11-25(23-8-3-2-4-9-23)30(17-22)41-37(47)48/h2-4,8-15,17-19,32,39,41,43-44H,5-7,16,20-21H2,1H3,(H,40,46)(H,42,45)(H,47,48)/t32-/m1/s1. The highest BCUT2D eigenvalue weighted by molar-refractivity contribution is 6.34. The highest BCUT2D eigenvalue weighted by Crippen LogP contribution is 2.31. The first-order valence-corrected chi connectivity index (χ1v) is 16.1. The number of halogens is 1. The molecule has 12 heteroatoms. The second-order valence-electron chi connectivity index (χ2n) is 11.5. The number of H-pyrrole nitrogens is 1. The predicted molar refractivity (Wildman–Crippen MR) is 190 cm³/mol. The minimum absolute atomic E-state index is 0.0871. The number of amides is 2. The molecule has 0 unspecified atom stereocenters. The highest BCUT2D eigenvalue weighted by atomic mass is 35.5. The summed E-state index contributed by atoms with van der Waals surface area (Å²) >= 11 is 6.52. The maximum absolute atomic E-state index is 13.0. The third-order valence-corrected chi connectivity index (χ3v) is 8.43. The lowest BCUT2D eigenvalue weighted by atomic mass is 9.99. The summed E-state index contributed by atoms with van der Waals surface area (Å²) in [7, 11) is 1.50. The SMILES string of the molecule is COc1cc(C(=O)NCCCCc2ccc(-c3ccccc3)c(NC(=O)O)c2)c(Cl)cc1CNC[C@@H](O)c1ccc(O)c2[nH]c(=O)ccc12. The number of rotatable bonds is 14. The maximum atomic E-state index is 13.0. The monoisotopic (exact) mass is 684 g/mol. The first kappa shape index (κ1) is 35.0. The third kappa shape index (κ3) is 8.76. The summed E-state index contributed by atoms with van der Waals surface area (Å²) < 4.78 is 5.53. The summed E-state index contributed by atoms with van der Waals surface area (Å²) in [5.74, 6) is 0.0282. The summed E-state index contributed by atoms with van der Waals surface area (Å²) in [5.41, 5.74) is 4.60. The number of aromatic hydroxyl groups is 1. The number of anilines is 1. The van der Waals surface area contributed by atoms with Crippen molar-refractivity contribution < 1.29 is 29.6 Å². The normalized spacial score (nSPS) is 11.7. The molecule has 0 aliphatic heterocycles. The zero-order valence-corrected chi connectivity index (χ0v) is 27.5. The summed E-state index contributed by atoms with van der Waals surface area (Å²) in [6.07, 6.45) is 0.0856. The Morgan fingerprint density at radius 2 is 1.78 bits per heavy atom. The Labute approximate surface area is 287 Å². The van der Waals surface area contributed by atoms with E-state index in [1.807, 2.05) is 48.5 Å². The number of aromatic amines is 1. The van der Waals surface area contributed by atoms with E-state index in [4.69, 9.17) is 16.3 Å². The zero-order valence-electron chi connectivity index (χ0n) is 26.8. The number of hydrogen-bond donors (Lipinski definition) is 7. The number of benzene rings is 4. The lowest BCUT2D eigenvalue weighted by Crippen LogP contribution is -2.25. The smallest absolute Gasteiger partial charge is 0.409 e. The number of carboxylic acid groups (broad SMARTS) is 1. The molecule has 1 atom stereocenters. The number of aliphatic hydroxyl groups is 1. The van der Waals surface area contributed by atoms with Crippen LogP contribution in [0.5, 0.6) is 11.5 Å². The number of aryl methyl sites for hydroxylation is 1. The Morgan fingerprint density at radius 3 is 2.53 bits per heavy atom. The molecule has 0 aliphatic rings. The summed E-state index contributed by atoms with van der Waals surface area (Å²) in [6.45, 7) is 0.849. The largest absolute Gasteiger partial charge is 0.506 e. The second kappa shape index (κ2) is 16.2. The van der Waals surface area contributed by atoms with Gasteiger partial charge in [-0.2, -0.15) is 0 Å². The Balaban J connectivity index is 1.13. The Kier molecular flexibility index (Phi) is 11.5. The summed E-state index contributed by atoms with van der Waals surface area (Å²) in [6, 6.07) is 24.5. The van der Waals surface area contributed by atoms with Crippen molar-refractivity contribution in [3.8, 4) is 22.6 Å². The fourth-order valence-corrected chi connectivity index (χ4v) is 5.96. The van der Waals surface area contributed by atoms with Crippen LogP contribution in [0.1, 0.15) is 46.0 Å². The van der Waals surface area contributed by atoms with Crippen LogP contribution in [0.15, 0.2) is 89.7 Å². The van der Waals surface area contributed by atoms with Gasteiger partial charge in [-0.05, 0) is 66.3 Å². The molecule has 0 bridgehead atoms. The predicted octanol–water partition coefficient (Wildman–Crippen LogP) is 6.23. The highest BCUT2D eigenvalue weighted by Gasteiger charge is 2.17. The Bertz CT molecular complexity index is 2020. The van der Waals surface area contributed by atoms with E-state index in [0.29, 0.717) is 47.3 Å². The molecule has 4 aromatic carbocycles. The van der Waals surface area contributed by atoms with E-state index < -0.39 is 12.2 Å². The number of unbranched alkanes of at least 4 members (excludes halogenated alkanes) is 1. The van der Waals surface area contributed by atoms with Crippen LogP contribution in [0.4, 0.5) is 10.5 Å². The van der Waals surface area contributed by atoms with E-state index in [1.165, 1.54) is 19.2 Å². The molecule has 0 radical (unpaired) electrons. The van der Waals surface area contributed by atoms with Crippen molar-refractivity contribution in [3.05, 3.63) is 123 Å². The Hall–Kier alpha value is -5.36. The number of methoxy groups -OCH3 is 1. The van der Waals surface area contributed by atoms with Crippen LogP contribution in [-0.2, 0) is 13.0 Å². The lowest BCUT2D eigenvalue weighted by molar-refractivity contribution is 0.0952. The van der Waals surface area contributed by atoms with Crippen molar-refractivity contribution in [2.24, 2.45) is 0 Å². The number of nitrogens with one attached hydrogen (secondary N) is 4. The molecular weight excluding hydrogens is 648 g/mol. The van der Waals surface area contributed by atoms with Gasteiger partial charge in [0, 0.05) is 42.2 Å². The molecule has 0 aliphatic carbocycles. The number of fused-ring (bicyclic) bond motifs is 1. The number of phenols is 1. The van der Waals surface area contributed by atoms with E-state index in [-0.39, 0.29) is 46.4 Å². The molecule has 5 rings (SSSR count). The molecule has 7 N–H and O–H groups in total. The fraction of sp³-hybridized carbons (Fsp3) is 0.216. The van der Waals surface area contributed by atoms with Crippen LogP contribution in [0, 0.1) is 0 Å². The van der Waals surface area contributed by atoms with Gasteiger partial charge in [0.15, 0.2) is 0 Å². The number of aromatic nitrogens is 1. The molecule has 0 spiro atoms. The van der Waals surface area contributed by atoms with Crippen LogP contribution < -0.4 is 26.2 Å². The number of hydrogen-bond acceptors (Lipinski definition) is 7. The third-order valence-electron chi connectivity index (χ3n) is 8.12. The van der Waals surface area contributed by atoms with Crippen molar-refractivity contribution in [3.63, 3.8) is 0 Å². The molecule has 0 fully saturated rings. The quantitative estimate of drug-likeness (QED) is 0.0675. The molecule has 11 nitrogen and oxygen atoms in total. The van der Waals surface area contributed by atoms with Gasteiger partial charge < -0.3 is 35.7 Å². The van der Waals surface area contributed by atoms with E-state index in [0.717, 1.165) is 23.1 Å². The number of carbonyl (C=O) groups excluding carboxylic acids is 1. The Morgan fingerprint density at radius 1 is 0.980 bits per heavy atom. The number of pyridine rings is 1. The van der Waals surface area contributed by atoms with E-state index >= 15 is 0 Å². The molecule has 1 heterocycles. The lowest BCUT2D eigenvalue weighted by Gasteiger charge is -2.17. The van der Waals surface area contributed by atoms with Crippen molar-refractivity contribution in [2.75, 3.05) is 25.5 Å². The second-order valence-corrected chi connectivity index (χ2v) is 11.9. The van der Waals surface area contributed by atoms with Crippen LogP contribution in [-0.4, -0.2) is 52.5 Å². The molecular formula is C37H37ClN4O7. The van der Waals surface area contributed by atoms with Crippen LogP contribution in [0.3, 0.4) is 0 Å². The van der Waals surface area contributed by atoms with Crippen molar-refractivity contribution in [1.82, 2.24) is 15.6 Å². The van der Waals surface area contributed by atoms with Gasteiger partial charge in [-0.1, -0.05) is 60.1 Å². The van der Waals surface area contributed by atoms with Gasteiger partial charge in [-0.3, -0.25) is 14.9 Å². The van der Waals surface area contributed by atoms with Crippen LogP contribution in [0.2, 0.25) is 5.02 Å². The van der Waals surface area contributed by atoms with Crippen molar-refractivity contribution in [2.45, 2.75) is 31.9 Å². The molecule has 0 saturated heterocycles. The molecule has 49 heavy (non-hydrogen) atoms. The van der Waals surface area contributed by atoms with Gasteiger partial charge in [0.05, 0.1) is 35.0 Å². The number of ether oxygens (including phenoxy) is 1. The molecule has 5 aromatic rings. The van der Waals surface area contributed by atoms with E-state index in [1.54, 1.807) is 24.3 Å². The summed E-state index contributed by atoms with van der Waals surface area (Å²) in [4.78, 5) is 38.7. The number of carbonyl (C=O) groups is 2. The summed E-state index contributed by atoms with van der Waals surface area (Å²) in [5, 5.41) is 39.7. The van der Waals surface area contributed by atoms with E-state index in [9.17, 15) is 29.7 Å². The van der Waals surface area contributed by atoms with Gasteiger partial charge in [-0.25, -0.2) is 4.79 Å². The number of aliphatic hydroxyl groups excluding tert-OH is 1. The zero-order chi connectivity index (χ0) is 34.9. The van der Waals surface area contributed by atoms with Crippen molar-refractivity contribution in [1.29, 1.82) is 0 Å². The van der Waals surface area contributed by atoms with Gasteiger partial charge >= 0.3 is 6.09 Å². The first-order valence-electron chi connectivity index (χ1n) is 15.7.